The predicted octanol–water partition coefficient (Wildman–Crippen LogP) is 2.60. The van der Waals surface area contributed by atoms with Gasteiger partial charge in [-0.2, -0.15) is 0 Å². The molecule has 0 unspecified atom stereocenters. The number of rotatable bonds is 5. The average molecular weight is 221 g/mol. The minimum absolute atomic E-state index is 0. The predicted molar refractivity (Wildman–Crippen MR) is 55.4 cm³/mol. The van der Waals surface area contributed by atoms with Crippen molar-refractivity contribution in [2.24, 2.45) is 0 Å². The molecule has 0 aliphatic carbocycles. The maximum Gasteiger partial charge on any atom is 0.0238 e. The first-order valence-corrected chi connectivity index (χ1v) is 4.57. The third-order valence-electron chi connectivity index (χ3n) is 1.61. The Hall–Kier alpha value is 0.830. The minimum atomic E-state index is 0. The zero-order valence-electron chi connectivity index (χ0n) is 7.02. The summed E-state index contributed by atoms with van der Waals surface area (Å²) in [5.41, 5.74) is 0. The van der Waals surface area contributed by atoms with Crippen LogP contribution in [0, 0.1) is 0 Å². The molecule has 0 atom stereocenters. The molecule has 11 heavy (non-hydrogen) atoms. The fraction of sp³-hybridized carbons (Fsp3) is 1.00. The quantitative estimate of drug-likeness (QED) is 0.644. The molecule has 0 aliphatic rings. The topological polar surface area (TPSA) is 3.24 Å². The number of nitrogens with zero attached hydrogens (tertiary/aromatic N) is 1. The van der Waals surface area contributed by atoms with Gasteiger partial charge in [-0.05, 0) is 26.9 Å². The Bertz CT molecular complexity index is 72.1. The molecule has 0 aromatic heterocycles. The lowest BCUT2D eigenvalue weighted by Crippen LogP contribution is -2.28. The minimum Gasteiger partial charge on any atom is -0.306 e. The summed E-state index contributed by atoms with van der Waals surface area (Å²) in [6, 6.07) is 0.551. The van der Waals surface area contributed by atoms with Gasteiger partial charge in [0, 0.05) is 17.8 Å². The lowest BCUT2D eigenvalue weighted by Gasteiger charge is -2.22. The second kappa shape index (κ2) is 8.92. The molecule has 0 heterocycles. The summed E-state index contributed by atoms with van der Waals surface area (Å²) in [5.74, 6) is 1.44. The summed E-state index contributed by atoms with van der Waals surface area (Å²) in [7, 11) is 4.12. The van der Waals surface area contributed by atoms with E-state index in [1.807, 2.05) is 0 Å². The molecule has 0 saturated heterocycles. The molecule has 0 radical (unpaired) electrons. The number of alkyl halides is 2. The zero-order valence-corrected chi connectivity index (χ0v) is 9.35. The summed E-state index contributed by atoms with van der Waals surface area (Å²) in [5, 5.41) is 0. The fourth-order valence-corrected chi connectivity index (χ4v) is 1.42. The molecular formula is C7H16Cl3N. The van der Waals surface area contributed by atoms with E-state index >= 15 is 0 Å². The van der Waals surface area contributed by atoms with Gasteiger partial charge in [0.2, 0.25) is 0 Å². The van der Waals surface area contributed by atoms with E-state index in [1.165, 1.54) is 0 Å². The van der Waals surface area contributed by atoms with Crippen molar-refractivity contribution < 1.29 is 0 Å². The molecule has 0 rings (SSSR count). The van der Waals surface area contributed by atoms with E-state index in [0.29, 0.717) is 6.04 Å². The van der Waals surface area contributed by atoms with Crippen LogP contribution in [0.25, 0.3) is 0 Å². The monoisotopic (exact) mass is 219 g/mol. The van der Waals surface area contributed by atoms with Crippen LogP contribution in [-0.2, 0) is 0 Å². The molecule has 0 saturated carbocycles. The summed E-state index contributed by atoms with van der Waals surface area (Å²) < 4.78 is 0. The first-order chi connectivity index (χ1) is 4.72. The van der Waals surface area contributed by atoms with Crippen molar-refractivity contribution in [3.63, 3.8) is 0 Å². The SMILES string of the molecule is CN(C)C(CCCl)CCCl.Cl. The lowest BCUT2D eigenvalue weighted by atomic mass is 10.1. The van der Waals surface area contributed by atoms with Crippen LogP contribution >= 0.6 is 35.6 Å². The Morgan fingerprint density at radius 1 is 1.09 bits per heavy atom. The third kappa shape index (κ3) is 7.20. The molecule has 0 N–H and O–H groups in total. The number of hydrogen-bond donors (Lipinski definition) is 0. The molecule has 0 aromatic rings. The van der Waals surface area contributed by atoms with Crippen molar-refractivity contribution in [3.8, 4) is 0 Å². The molecule has 70 valence electrons. The van der Waals surface area contributed by atoms with Crippen LogP contribution in [-0.4, -0.2) is 36.8 Å². The van der Waals surface area contributed by atoms with Crippen molar-refractivity contribution in [3.05, 3.63) is 0 Å². The Labute approximate surface area is 85.4 Å². The third-order valence-corrected chi connectivity index (χ3v) is 2.05. The Morgan fingerprint density at radius 2 is 1.45 bits per heavy atom. The summed E-state index contributed by atoms with van der Waals surface area (Å²) >= 11 is 11.2. The molecular weight excluding hydrogens is 204 g/mol. The van der Waals surface area contributed by atoms with Crippen molar-refractivity contribution in [1.82, 2.24) is 4.90 Å². The van der Waals surface area contributed by atoms with Crippen LogP contribution in [0.2, 0.25) is 0 Å². The smallest absolute Gasteiger partial charge is 0.0238 e. The second-order valence-corrected chi connectivity index (χ2v) is 3.33. The van der Waals surface area contributed by atoms with Gasteiger partial charge in [0.25, 0.3) is 0 Å². The maximum atomic E-state index is 5.61. The van der Waals surface area contributed by atoms with E-state index in [2.05, 4.69) is 19.0 Å². The highest BCUT2D eigenvalue weighted by molar-refractivity contribution is 6.18. The Balaban J connectivity index is 0. The van der Waals surface area contributed by atoms with Crippen LogP contribution in [0.3, 0.4) is 0 Å². The van der Waals surface area contributed by atoms with Crippen LogP contribution in [0.1, 0.15) is 12.8 Å². The molecule has 0 spiro atoms. The van der Waals surface area contributed by atoms with Gasteiger partial charge in [0.05, 0.1) is 0 Å². The molecule has 0 aliphatic heterocycles. The molecule has 1 nitrogen and oxygen atoms in total. The van der Waals surface area contributed by atoms with E-state index in [-0.39, 0.29) is 12.4 Å². The van der Waals surface area contributed by atoms with Crippen molar-refractivity contribution in [2.45, 2.75) is 18.9 Å². The van der Waals surface area contributed by atoms with Crippen LogP contribution in [0.5, 0.6) is 0 Å². The van der Waals surface area contributed by atoms with Crippen LogP contribution in [0.4, 0.5) is 0 Å². The van der Waals surface area contributed by atoms with Gasteiger partial charge in [0.15, 0.2) is 0 Å². The summed E-state index contributed by atoms with van der Waals surface area (Å²) in [6.45, 7) is 0. The van der Waals surface area contributed by atoms with Crippen LogP contribution in [0.15, 0.2) is 0 Å². The maximum absolute atomic E-state index is 5.61. The first kappa shape index (κ1) is 14.4. The van der Waals surface area contributed by atoms with Crippen molar-refractivity contribution in [1.29, 1.82) is 0 Å². The Kier molecular flexibility index (Phi) is 11.6. The lowest BCUT2D eigenvalue weighted by molar-refractivity contribution is 0.281. The van der Waals surface area contributed by atoms with Gasteiger partial charge < -0.3 is 4.90 Å². The highest BCUT2D eigenvalue weighted by Gasteiger charge is 2.08. The number of hydrogen-bond acceptors (Lipinski definition) is 1. The van der Waals surface area contributed by atoms with Crippen molar-refractivity contribution >= 4 is 35.6 Å². The van der Waals surface area contributed by atoms with E-state index in [9.17, 15) is 0 Å². The second-order valence-electron chi connectivity index (χ2n) is 2.57. The van der Waals surface area contributed by atoms with Gasteiger partial charge in [-0.15, -0.1) is 35.6 Å². The average Bonchev–Trinajstić information content (AvgIpc) is 1.87. The van der Waals surface area contributed by atoms with Gasteiger partial charge >= 0.3 is 0 Å². The normalized spacial score (nSPS) is 10.4. The van der Waals surface area contributed by atoms with Gasteiger partial charge in [-0.25, -0.2) is 0 Å². The molecule has 0 amide bonds. The highest BCUT2D eigenvalue weighted by atomic mass is 35.5. The van der Waals surface area contributed by atoms with Crippen molar-refractivity contribution in [2.75, 3.05) is 25.9 Å². The molecule has 0 aromatic carbocycles. The van der Waals surface area contributed by atoms with Gasteiger partial charge in [0.1, 0.15) is 0 Å². The van der Waals surface area contributed by atoms with E-state index in [4.69, 9.17) is 23.2 Å². The van der Waals surface area contributed by atoms with Gasteiger partial charge in [-0.3, -0.25) is 0 Å². The fourth-order valence-electron chi connectivity index (χ4n) is 0.913. The Morgan fingerprint density at radius 3 is 1.64 bits per heavy atom. The first-order valence-electron chi connectivity index (χ1n) is 3.50. The summed E-state index contributed by atoms with van der Waals surface area (Å²) in [6.07, 6.45) is 2.06. The molecule has 4 heteroatoms. The van der Waals surface area contributed by atoms with E-state index in [0.717, 1.165) is 24.6 Å². The largest absolute Gasteiger partial charge is 0.306 e. The zero-order chi connectivity index (χ0) is 7.98. The van der Waals surface area contributed by atoms with Gasteiger partial charge in [-0.1, -0.05) is 0 Å². The molecule has 0 bridgehead atoms. The van der Waals surface area contributed by atoms with Crippen LogP contribution < -0.4 is 0 Å². The van der Waals surface area contributed by atoms with E-state index < -0.39 is 0 Å². The highest BCUT2D eigenvalue weighted by Crippen LogP contribution is 2.06. The summed E-state index contributed by atoms with van der Waals surface area (Å²) in [4.78, 5) is 2.17. The standard InChI is InChI=1S/C7H15Cl2N.ClH/c1-10(2)7(3-5-8)4-6-9;/h7H,3-6H2,1-2H3;1H. The number of halogens is 3. The van der Waals surface area contributed by atoms with E-state index in [1.54, 1.807) is 0 Å². The molecule has 0 fully saturated rings.